The molecule has 0 atom stereocenters. The van der Waals surface area contributed by atoms with Crippen molar-refractivity contribution in [2.45, 2.75) is 33.0 Å². The molecule has 12 heteroatoms. The van der Waals surface area contributed by atoms with Crippen LogP contribution < -0.4 is 88.3 Å². The maximum absolute atomic E-state index is 13.9. The summed E-state index contributed by atoms with van der Waals surface area (Å²) >= 11 is 0. The molecule has 2 aliphatic heterocycles. The van der Waals surface area contributed by atoms with Crippen LogP contribution in [-0.4, -0.2) is 55.7 Å². The van der Waals surface area contributed by atoms with Crippen molar-refractivity contribution >= 4 is 17.4 Å². The molecule has 1 N–H and O–H groups in total. The average molecular weight is 636 g/mol. The van der Waals surface area contributed by atoms with E-state index < -0.39 is 11.7 Å². The second-order valence-corrected chi connectivity index (χ2v) is 8.43. The number of ether oxygens (including phenoxy) is 1. The first kappa shape index (κ1) is 31.6. The molecule has 192 valence electrons. The van der Waals surface area contributed by atoms with Gasteiger partial charge >= 0.3 is 81.0 Å². The topological polar surface area (TPSA) is 86.8 Å². The third kappa shape index (κ3) is 7.50. The number of aryl methyl sites for hydroxylation is 1. The smallest absolute Gasteiger partial charge is 0.496 e. The minimum absolute atomic E-state index is 0. The summed E-state index contributed by atoms with van der Waals surface area (Å²) in [5, 5.41) is 7.32. The zero-order valence-corrected chi connectivity index (χ0v) is 27.9. The minimum Gasteiger partial charge on any atom is -0.496 e. The number of nitrogens with one attached hydrogen (secondary N) is 1. The van der Waals surface area contributed by atoms with Gasteiger partial charge in [0.15, 0.2) is 0 Å². The Bertz CT molecular complexity index is 1160. The summed E-state index contributed by atoms with van der Waals surface area (Å²) < 4.78 is 46.6. The molecule has 2 aliphatic rings. The molecule has 2 aromatic rings. The number of amides is 1. The van der Waals surface area contributed by atoms with Gasteiger partial charge in [-0.3, -0.25) is 4.90 Å². The molecule has 1 amide bonds. The number of piperazine rings is 1. The molecule has 1 saturated heterocycles. The van der Waals surface area contributed by atoms with E-state index in [4.69, 9.17) is 10.00 Å². The number of carbonyl (C=O) groups excluding carboxylic acids is 1. The van der Waals surface area contributed by atoms with Crippen molar-refractivity contribution < 1.29 is 96.5 Å². The SMILES string of the molecule is C=CC(=O)[NH+]1CCN(c2nc(C)nc3c2CCN(c2cccc(OC)c2C(F)(F)F)C3)CC1.CC#N.[Cs+]. The second-order valence-electron chi connectivity index (χ2n) is 8.43. The molecule has 0 bridgehead atoms. The fourth-order valence-corrected chi connectivity index (χ4v) is 4.62. The van der Waals surface area contributed by atoms with Crippen LogP contribution in [0.3, 0.4) is 0 Å². The standard InChI is InChI=1S/C23H26F3N5O2.C2H3N.Cs/c1-4-20(32)29-10-12-30(13-11-29)22-16-8-9-31(14-17(16)27-15(2)28-22)18-6-5-7-19(33-3)21(18)23(24,25)26;1-2-3;/h4-7H,1,8-14H2,2-3H3;1H3;/q;;+1/p+1. The summed E-state index contributed by atoms with van der Waals surface area (Å²) in [5.74, 6) is 1.19. The van der Waals surface area contributed by atoms with E-state index in [0.29, 0.717) is 45.0 Å². The zero-order chi connectivity index (χ0) is 26.5. The van der Waals surface area contributed by atoms with Gasteiger partial charge in [-0.2, -0.15) is 18.4 Å². The van der Waals surface area contributed by atoms with Crippen molar-refractivity contribution in [3.8, 4) is 11.8 Å². The molecule has 1 aromatic heterocycles. The van der Waals surface area contributed by atoms with Crippen LogP contribution in [0.5, 0.6) is 5.75 Å². The maximum Gasteiger partial charge on any atom is 1.00 e. The van der Waals surface area contributed by atoms with E-state index in [1.54, 1.807) is 24.0 Å². The van der Waals surface area contributed by atoms with E-state index in [0.717, 1.165) is 22.0 Å². The largest absolute Gasteiger partial charge is 1.00 e. The van der Waals surface area contributed by atoms with E-state index in [1.807, 2.05) is 0 Å². The molecule has 1 aromatic carbocycles. The normalized spacial score (nSPS) is 15.4. The van der Waals surface area contributed by atoms with Crippen LogP contribution in [0.4, 0.5) is 24.7 Å². The molecular formula is C25H30CsF3N6O2+2. The first-order valence-corrected chi connectivity index (χ1v) is 11.6. The van der Waals surface area contributed by atoms with E-state index in [-0.39, 0.29) is 92.8 Å². The van der Waals surface area contributed by atoms with Gasteiger partial charge in [-0.05, 0) is 25.5 Å². The molecule has 1 fully saturated rings. The van der Waals surface area contributed by atoms with Crippen molar-refractivity contribution in [1.82, 2.24) is 9.97 Å². The number of nitriles is 1. The molecule has 37 heavy (non-hydrogen) atoms. The van der Waals surface area contributed by atoms with Crippen molar-refractivity contribution in [3.05, 3.63) is 53.5 Å². The quantitative estimate of drug-likeness (QED) is 0.446. The van der Waals surface area contributed by atoms with E-state index in [1.165, 1.54) is 32.2 Å². The van der Waals surface area contributed by atoms with Crippen molar-refractivity contribution in [2.75, 3.05) is 49.6 Å². The van der Waals surface area contributed by atoms with Crippen molar-refractivity contribution in [3.63, 3.8) is 0 Å². The Balaban J connectivity index is 0.00000115. The van der Waals surface area contributed by atoms with Gasteiger partial charge in [-0.1, -0.05) is 12.6 Å². The number of rotatable bonds is 4. The van der Waals surface area contributed by atoms with Crippen molar-refractivity contribution in [2.24, 2.45) is 0 Å². The molecule has 0 spiro atoms. The van der Waals surface area contributed by atoms with Gasteiger partial charge in [0.25, 0.3) is 0 Å². The molecule has 8 nitrogen and oxygen atoms in total. The summed E-state index contributed by atoms with van der Waals surface area (Å²) in [6.45, 7) is 10.1. The number of methoxy groups -OCH3 is 1. The Hall–Kier alpha value is -1.60. The average Bonchev–Trinajstić information content (AvgIpc) is 2.86. The number of quaternary nitrogens is 1. The molecule has 3 heterocycles. The Morgan fingerprint density at radius 3 is 2.43 bits per heavy atom. The van der Waals surface area contributed by atoms with Crippen LogP contribution in [0.25, 0.3) is 0 Å². The van der Waals surface area contributed by atoms with Gasteiger partial charge < -0.3 is 14.5 Å². The number of alkyl halides is 3. The van der Waals surface area contributed by atoms with Gasteiger partial charge in [-0.25, -0.2) is 14.8 Å². The Morgan fingerprint density at radius 2 is 1.86 bits per heavy atom. The van der Waals surface area contributed by atoms with Gasteiger partial charge in [0, 0.05) is 25.1 Å². The Kier molecular flexibility index (Phi) is 11.9. The number of aromatic nitrogens is 2. The summed E-state index contributed by atoms with van der Waals surface area (Å²) in [4.78, 5) is 25.9. The molecule has 0 aliphatic carbocycles. The fourth-order valence-electron chi connectivity index (χ4n) is 4.62. The van der Waals surface area contributed by atoms with Crippen LogP contribution in [0.15, 0.2) is 30.9 Å². The summed E-state index contributed by atoms with van der Waals surface area (Å²) in [6, 6.07) is 6.12. The molecule has 4 rings (SSSR count). The molecule has 0 radical (unpaired) electrons. The van der Waals surface area contributed by atoms with Crippen LogP contribution in [0.1, 0.15) is 29.6 Å². The van der Waals surface area contributed by atoms with Gasteiger partial charge in [0.1, 0.15) is 36.0 Å². The van der Waals surface area contributed by atoms with Crippen LogP contribution in [0.2, 0.25) is 0 Å². The zero-order valence-electron chi connectivity index (χ0n) is 21.7. The number of fused-ring (bicyclic) bond motifs is 1. The summed E-state index contributed by atoms with van der Waals surface area (Å²) in [6.07, 6.45) is -2.66. The minimum atomic E-state index is -4.54. The van der Waals surface area contributed by atoms with E-state index >= 15 is 0 Å². The third-order valence-electron chi connectivity index (χ3n) is 6.20. The Labute approximate surface area is 273 Å². The molecule has 0 saturated carbocycles. The number of hydrogen-bond acceptors (Lipinski definition) is 7. The van der Waals surface area contributed by atoms with Gasteiger partial charge in [0.05, 0.1) is 44.2 Å². The second kappa shape index (κ2) is 14.0. The first-order valence-electron chi connectivity index (χ1n) is 11.6. The fraction of sp³-hybridized carbons (Fsp3) is 0.440. The number of anilines is 2. The summed E-state index contributed by atoms with van der Waals surface area (Å²) in [5.41, 5.74) is 1.02. The first-order chi connectivity index (χ1) is 17.1. The number of carbonyl (C=O) groups is 1. The number of halogens is 3. The van der Waals surface area contributed by atoms with E-state index in [9.17, 15) is 18.0 Å². The van der Waals surface area contributed by atoms with Gasteiger partial charge in [-0.15, -0.1) is 0 Å². The van der Waals surface area contributed by atoms with Crippen molar-refractivity contribution in [1.29, 1.82) is 5.26 Å². The van der Waals surface area contributed by atoms with Crippen LogP contribution in [-0.2, 0) is 23.9 Å². The monoisotopic (exact) mass is 636 g/mol. The number of benzene rings is 1. The number of hydrogen-bond donors (Lipinski definition) is 1. The molecule has 0 unspecified atom stereocenters. The van der Waals surface area contributed by atoms with Crippen LogP contribution in [0, 0.1) is 18.3 Å². The third-order valence-corrected chi connectivity index (χ3v) is 6.20. The maximum atomic E-state index is 13.9. The van der Waals surface area contributed by atoms with E-state index in [2.05, 4.69) is 21.4 Å². The predicted octanol–water partition coefficient (Wildman–Crippen LogP) is -0.673. The molecular weight excluding hydrogens is 606 g/mol. The predicted molar refractivity (Wildman–Crippen MR) is 129 cm³/mol. The number of nitrogens with zero attached hydrogens (tertiary/aromatic N) is 5. The van der Waals surface area contributed by atoms with Crippen LogP contribution >= 0.6 is 0 Å². The summed E-state index contributed by atoms with van der Waals surface area (Å²) in [7, 11) is 1.24. The Morgan fingerprint density at radius 1 is 1.22 bits per heavy atom. The van der Waals surface area contributed by atoms with Gasteiger partial charge in [0.2, 0.25) is 0 Å².